The van der Waals surface area contributed by atoms with Gasteiger partial charge in [0.2, 0.25) is 0 Å². The summed E-state index contributed by atoms with van der Waals surface area (Å²) in [7, 11) is 0. The fraction of sp³-hybridized carbons (Fsp3) is 0.286. The first kappa shape index (κ1) is 8.78. The van der Waals surface area contributed by atoms with Crippen LogP contribution in [0.5, 0.6) is 0 Å². The lowest BCUT2D eigenvalue weighted by molar-refractivity contribution is 0.756. The van der Waals surface area contributed by atoms with E-state index in [9.17, 15) is 0 Å². The zero-order valence-corrected chi connectivity index (χ0v) is 8.98. The van der Waals surface area contributed by atoms with Crippen LogP contribution in [-0.2, 0) is 0 Å². The lowest BCUT2D eigenvalue weighted by atomic mass is 10.1. The van der Waals surface area contributed by atoms with Gasteiger partial charge < -0.3 is 4.57 Å². The molecule has 15 heavy (non-hydrogen) atoms. The Hall–Kier alpha value is -1.50. The molecule has 2 aromatic rings. The van der Waals surface area contributed by atoms with Crippen LogP contribution < -0.4 is 0 Å². The van der Waals surface area contributed by atoms with E-state index in [-0.39, 0.29) is 0 Å². The van der Waals surface area contributed by atoms with Gasteiger partial charge in [0.25, 0.3) is 0 Å². The van der Waals surface area contributed by atoms with E-state index >= 15 is 0 Å². The molecule has 0 spiro atoms. The summed E-state index contributed by atoms with van der Waals surface area (Å²) >= 11 is 0. The molecule has 3 rings (SSSR count). The maximum absolute atomic E-state index is 2.41. The number of hydrogen-bond donors (Lipinski definition) is 0. The van der Waals surface area contributed by atoms with Crippen LogP contribution in [0.15, 0.2) is 42.6 Å². The van der Waals surface area contributed by atoms with E-state index in [1.54, 1.807) is 0 Å². The fourth-order valence-corrected chi connectivity index (χ4v) is 2.03. The second kappa shape index (κ2) is 3.27. The minimum absolute atomic E-state index is 0.760. The van der Waals surface area contributed by atoms with Crippen LogP contribution >= 0.6 is 0 Å². The quantitative estimate of drug-likeness (QED) is 0.690. The maximum atomic E-state index is 2.41. The van der Waals surface area contributed by atoms with E-state index < -0.39 is 0 Å². The largest absolute Gasteiger partial charge is 0.344 e. The summed E-state index contributed by atoms with van der Waals surface area (Å²) in [5, 5.41) is 0. The minimum Gasteiger partial charge on any atom is -0.344 e. The van der Waals surface area contributed by atoms with Crippen LogP contribution in [0.25, 0.3) is 11.3 Å². The van der Waals surface area contributed by atoms with Gasteiger partial charge >= 0.3 is 0 Å². The highest BCUT2D eigenvalue weighted by Crippen LogP contribution is 2.38. The van der Waals surface area contributed by atoms with Crippen molar-refractivity contribution < 1.29 is 0 Å². The summed E-state index contributed by atoms with van der Waals surface area (Å²) in [5.41, 5.74) is 4.01. The van der Waals surface area contributed by atoms with Crippen molar-refractivity contribution in [2.45, 2.75) is 25.8 Å². The first-order valence-electron chi connectivity index (χ1n) is 5.58. The Morgan fingerprint density at radius 2 is 1.80 bits per heavy atom. The summed E-state index contributed by atoms with van der Waals surface area (Å²) in [6, 6.07) is 13.9. The number of aromatic nitrogens is 1. The molecule has 0 aliphatic heterocycles. The molecule has 0 amide bonds. The molecule has 1 fully saturated rings. The molecular weight excluding hydrogens is 182 g/mol. The Bertz CT molecular complexity index is 460. The Morgan fingerprint density at radius 3 is 2.47 bits per heavy atom. The van der Waals surface area contributed by atoms with Crippen molar-refractivity contribution in [2.24, 2.45) is 0 Å². The van der Waals surface area contributed by atoms with Gasteiger partial charge in [-0.25, -0.2) is 0 Å². The zero-order valence-electron chi connectivity index (χ0n) is 8.98. The van der Waals surface area contributed by atoms with Gasteiger partial charge in [0.05, 0.1) is 0 Å². The van der Waals surface area contributed by atoms with Gasteiger partial charge in [-0.3, -0.25) is 0 Å². The Labute approximate surface area is 90.4 Å². The smallest absolute Gasteiger partial charge is 0.0482 e. The molecule has 0 N–H and O–H groups in total. The molecule has 1 aromatic carbocycles. The number of nitrogens with zero attached hydrogens (tertiary/aromatic N) is 1. The van der Waals surface area contributed by atoms with Crippen molar-refractivity contribution in [3.05, 3.63) is 48.2 Å². The number of hydrogen-bond acceptors (Lipinski definition) is 0. The first-order chi connectivity index (χ1) is 7.34. The van der Waals surface area contributed by atoms with Crippen LogP contribution in [0.4, 0.5) is 0 Å². The first-order valence-corrected chi connectivity index (χ1v) is 5.58. The van der Waals surface area contributed by atoms with E-state index in [0.29, 0.717) is 0 Å². The highest BCUT2D eigenvalue weighted by molar-refractivity contribution is 5.60. The summed E-state index contributed by atoms with van der Waals surface area (Å²) in [4.78, 5) is 0. The average molecular weight is 197 g/mol. The number of rotatable bonds is 2. The van der Waals surface area contributed by atoms with Crippen molar-refractivity contribution in [1.29, 1.82) is 0 Å². The van der Waals surface area contributed by atoms with E-state index in [0.717, 1.165) is 6.04 Å². The Kier molecular flexibility index (Phi) is 1.91. The Balaban J connectivity index is 2.04. The third-order valence-electron chi connectivity index (χ3n) is 3.07. The molecule has 0 saturated heterocycles. The Morgan fingerprint density at radius 1 is 1.07 bits per heavy atom. The second-order valence-corrected chi connectivity index (χ2v) is 4.40. The van der Waals surface area contributed by atoms with Gasteiger partial charge in [-0.2, -0.15) is 0 Å². The third kappa shape index (κ3) is 1.58. The van der Waals surface area contributed by atoms with Gasteiger partial charge in [0.1, 0.15) is 0 Å². The van der Waals surface area contributed by atoms with Crippen LogP contribution in [0.2, 0.25) is 0 Å². The molecule has 1 heteroatoms. The standard InChI is InChI=1S/C14H15N/c1-11-4-6-12(7-5-11)14-3-2-10-15(14)13-8-9-13/h2-7,10,13H,8-9H2,1H3. The third-order valence-corrected chi connectivity index (χ3v) is 3.07. The van der Waals surface area contributed by atoms with Crippen molar-refractivity contribution in [3.63, 3.8) is 0 Å². The monoisotopic (exact) mass is 197 g/mol. The molecule has 0 unspecified atom stereocenters. The molecule has 1 saturated carbocycles. The molecule has 1 aromatic heterocycles. The number of benzene rings is 1. The summed E-state index contributed by atoms with van der Waals surface area (Å²) in [6.07, 6.45) is 4.88. The predicted octanol–water partition coefficient (Wildman–Crippen LogP) is 3.80. The molecule has 1 aliphatic rings. The van der Waals surface area contributed by atoms with Crippen LogP contribution in [-0.4, -0.2) is 4.57 Å². The number of aryl methyl sites for hydroxylation is 1. The molecule has 0 bridgehead atoms. The van der Waals surface area contributed by atoms with Gasteiger partial charge in [0, 0.05) is 17.9 Å². The average Bonchev–Trinajstić information content (AvgIpc) is 2.98. The lowest BCUT2D eigenvalue weighted by Gasteiger charge is -2.07. The molecule has 0 atom stereocenters. The van der Waals surface area contributed by atoms with E-state index in [2.05, 4.69) is 54.1 Å². The van der Waals surface area contributed by atoms with Crippen molar-refractivity contribution in [3.8, 4) is 11.3 Å². The van der Waals surface area contributed by atoms with Gasteiger partial charge in [-0.15, -0.1) is 0 Å². The highest BCUT2D eigenvalue weighted by Gasteiger charge is 2.24. The SMILES string of the molecule is Cc1ccc(-c2cccn2C2CC2)cc1. The molecular formula is C14H15N. The summed E-state index contributed by atoms with van der Waals surface area (Å²) in [5.74, 6) is 0. The van der Waals surface area contributed by atoms with Crippen LogP contribution in [0, 0.1) is 6.92 Å². The van der Waals surface area contributed by atoms with Gasteiger partial charge in [0.15, 0.2) is 0 Å². The maximum Gasteiger partial charge on any atom is 0.0482 e. The zero-order chi connectivity index (χ0) is 10.3. The minimum atomic E-state index is 0.760. The molecule has 76 valence electrons. The highest BCUT2D eigenvalue weighted by atomic mass is 15.0. The fourth-order valence-electron chi connectivity index (χ4n) is 2.03. The van der Waals surface area contributed by atoms with Crippen LogP contribution in [0.3, 0.4) is 0 Å². The molecule has 1 heterocycles. The van der Waals surface area contributed by atoms with Gasteiger partial charge in [-0.1, -0.05) is 29.8 Å². The van der Waals surface area contributed by atoms with E-state index in [1.165, 1.54) is 29.7 Å². The van der Waals surface area contributed by atoms with Gasteiger partial charge in [-0.05, 0) is 37.5 Å². The van der Waals surface area contributed by atoms with E-state index in [4.69, 9.17) is 0 Å². The van der Waals surface area contributed by atoms with Crippen LogP contribution in [0.1, 0.15) is 24.4 Å². The summed E-state index contributed by atoms with van der Waals surface area (Å²) < 4.78 is 2.41. The van der Waals surface area contributed by atoms with Crippen molar-refractivity contribution >= 4 is 0 Å². The molecule has 1 aliphatic carbocycles. The van der Waals surface area contributed by atoms with E-state index in [1.807, 2.05) is 0 Å². The lowest BCUT2D eigenvalue weighted by Crippen LogP contribution is -1.94. The second-order valence-electron chi connectivity index (χ2n) is 4.40. The normalized spacial score (nSPS) is 15.5. The molecule has 0 radical (unpaired) electrons. The molecule has 1 nitrogen and oxygen atoms in total. The van der Waals surface area contributed by atoms with Crippen molar-refractivity contribution in [2.75, 3.05) is 0 Å². The van der Waals surface area contributed by atoms with Crippen molar-refractivity contribution in [1.82, 2.24) is 4.57 Å². The predicted molar refractivity (Wildman–Crippen MR) is 62.9 cm³/mol. The summed E-state index contributed by atoms with van der Waals surface area (Å²) in [6.45, 7) is 2.13. The topological polar surface area (TPSA) is 4.93 Å².